The second-order valence-electron chi connectivity index (χ2n) is 6.40. The predicted molar refractivity (Wildman–Crippen MR) is 113 cm³/mol. The van der Waals surface area contributed by atoms with Gasteiger partial charge in [-0.15, -0.1) is 11.3 Å². The Kier molecular flexibility index (Phi) is 5.03. The molecule has 2 aromatic carbocycles. The van der Waals surface area contributed by atoms with Gasteiger partial charge in [-0.05, 0) is 37.1 Å². The number of anilines is 1. The van der Waals surface area contributed by atoms with Gasteiger partial charge in [0.05, 0.1) is 7.11 Å². The Balaban J connectivity index is 1.50. The fourth-order valence-electron chi connectivity index (χ4n) is 3.02. The summed E-state index contributed by atoms with van der Waals surface area (Å²) in [6.07, 6.45) is 2.81. The van der Waals surface area contributed by atoms with Crippen LogP contribution in [0.1, 0.15) is 11.1 Å². The Morgan fingerprint density at radius 3 is 2.70 bits per heavy atom. The van der Waals surface area contributed by atoms with Crippen molar-refractivity contribution in [3.8, 4) is 17.1 Å². The van der Waals surface area contributed by atoms with Gasteiger partial charge in [0.15, 0.2) is 5.82 Å². The molecule has 0 aliphatic heterocycles. The van der Waals surface area contributed by atoms with E-state index in [-0.39, 0.29) is 0 Å². The van der Waals surface area contributed by atoms with Crippen molar-refractivity contribution in [3.63, 3.8) is 0 Å². The normalized spacial score (nSPS) is 10.9. The van der Waals surface area contributed by atoms with Gasteiger partial charge in [0, 0.05) is 39.3 Å². The number of hydrogen-bond acceptors (Lipinski definition) is 5. The molecule has 136 valence electrons. The third-order valence-electron chi connectivity index (χ3n) is 4.56. The van der Waals surface area contributed by atoms with Gasteiger partial charge >= 0.3 is 0 Å². The number of aromatic nitrogens is 2. The minimum absolute atomic E-state index is 0.769. The molecular formula is C22H21N3OS. The third-order valence-corrected chi connectivity index (χ3v) is 5.52. The van der Waals surface area contributed by atoms with Crippen molar-refractivity contribution in [3.05, 3.63) is 71.2 Å². The van der Waals surface area contributed by atoms with Crippen molar-refractivity contribution < 1.29 is 4.74 Å². The van der Waals surface area contributed by atoms with Gasteiger partial charge in [-0.1, -0.05) is 30.3 Å². The number of methoxy groups -OCH3 is 1. The lowest BCUT2D eigenvalue weighted by atomic mass is 10.1. The predicted octanol–water partition coefficient (Wildman–Crippen LogP) is 5.33. The number of hydrogen-bond donors (Lipinski definition) is 1. The fourth-order valence-corrected chi connectivity index (χ4v) is 3.96. The Morgan fingerprint density at radius 2 is 1.89 bits per heavy atom. The van der Waals surface area contributed by atoms with Crippen LogP contribution in [0.2, 0.25) is 0 Å². The molecular weight excluding hydrogens is 354 g/mol. The molecule has 0 bridgehead atoms. The van der Waals surface area contributed by atoms with E-state index in [9.17, 15) is 0 Å². The van der Waals surface area contributed by atoms with Crippen LogP contribution in [0.5, 0.6) is 5.75 Å². The van der Waals surface area contributed by atoms with E-state index in [2.05, 4.69) is 52.1 Å². The van der Waals surface area contributed by atoms with Crippen LogP contribution in [0.4, 0.5) is 5.82 Å². The lowest BCUT2D eigenvalue weighted by Crippen LogP contribution is -2.08. The van der Waals surface area contributed by atoms with E-state index in [0.29, 0.717) is 0 Å². The zero-order valence-corrected chi connectivity index (χ0v) is 16.2. The zero-order chi connectivity index (χ0) is 18.6. The van der Waals surface area contributed by atoms with Gasteiger partial charge in [-0.2, -0.15) is 0 Å². The summed E-state index contributed by atoms with van der Waals surface area (Å²) in [6.45, 7) is 2.85. The Hall–Kier alpha value is -2.92. The topological polar surface area (TPSA) is 47.0 Å². The quantitative estimate of drug-likeness (QED) is 0.495. The highest BCUT2D eigenvalue weighted by Gasteiger charge is 2.11. The maximum atomic E-state index is 5.21. The number of aryl methyl sites for hydroxylation is 1. The average Bonchev–Trinajstić information content (AvgIpc) is 3.14. The number of rotatable bonds is 6. The summed E-state index contributed by atoms with van der Waals surface area (Å²) in [7, 11) is 1.68. The molecule has 2 aromatic heterocycles. The van der Waals surface area contributed by atoms with Crippen LogP contribution < -0.4 is 10.1 Å². The first-order chi connectivity index (χ1) is 13.2. The van der Waals surface area contributed by atoms with Crippen LogP contribution in [-0.2, 0) is 6.42 Å². The van der Waals surface area contributed by atoms with Crippen LogP contribution in [0.25, 0.3) is 21.5 Å². The van der Waals surface area contributed by atoms with E-state index >= 15 is 0 Å². The molecule has 0 spiro atoms. The average molecular weight is 375 g/mol. The van der Waals surface area contributed by atoms with E-state index in [1.54, 1.807) is 18.4 Å². The van der Waals surface area contributed by atoms with Crippen LogP contribution in [0.3, 0.4) is 0 Å². The van der Waals surface area contributed by atoms with Gasteiger partial charge < -0.3 is 10.1 Å². The van der Waals surface area contributed by atoms with Gasteiger partial charge in [0.2, 0.25) is 0 Å². The summed E-state index contributed by atoms with van der Waals surface area (Å²) in [6, 6.07) is 16.5. The molecule has 0 saturated carbocycles. The minimum atomic E-state index is 0.769. The van der Waals surface area contributed by atoms with E-state index in [1.165, 1.54) is 15.6 Å². The highest BCUT2D eigenvalue weighted by atomic mass is 32.1. The second kappa shape index (κ2) is 7.76. The molecule has 0 saturated heterocycles. The van der Waals surface area contributed by atoms with Crippen LogP contribution in [-0.4, -0.2) is 23.6 Å². The van der Waals surface area contributed by atoms with Crippen molar-refractivity contribution in [2.24, 2.45) is 0 Å². The number of fused-ring (bicyclic) bond motifs is 1. The molecule has 4 aromatic rings. The molecule has 27 heavy (non-hydrogen) atoms. The van der Waals surface area contributed by atoms with Gasteiger partial charge in [-0.3, -0.25) is 0 Å². The van der Waals surface area contributed by atoms with Crippen LogP contribution in [0, 0.1) is 6.92 Å². The molecule has 2 heterocycles. The highest BCUT2D eigenvalue weighted by Crippen LogP contribution is 2.32. The molecule has 0 aliphatic carbocycles. The maximum absolute atomic E-state index is 5.21. The molecule has 4 rings (SSSR count). The summed E-state index contributed by atoms with van der Waals surface area (Å²) >= 11 is 1.73. The lowest BCUT2D eigenvalue weighted by molar-refractivity contribution is 0.414. The van der Waals surface area contributed by atoms with Crippen molar-refractivity contribution in [2.45, 2.75) is 13.3 Å². The van der Waals surface area contributed by atoms with Crippen LogP contribution >= 0.6 is 11.3 Å². The molecule has 1 N–H and O–H groups in total. The molecule has 0 radical (unpaired) electrons. The van der Waals surface area contributed by atoms with E-state index in [0.717, 1.165) is 41.5 Å². The van der Waals surface area contributed by atoms with Gasteiger partial charge in [-0.25, -0.2) is 9.97 Å². The number of ether oxygens (including phenoxy) is 1. The first-order valence-electron chi connectivity index (χ1n) is 8.91. The third kappa shape index (κ3) is 3.78. The first-order valence-corrected chi connectivity index (χ1v) is 9.79. The van der Waals surface area contributed by atoms with Gasteiger partial charge in [0.25, 0.3) is 0 Å². The second-order valence-corrected chi connectivity index (χ2v) is 7.31. The summed E-state index contributed by atoms with van der Waals surface area (Å²) in [5.41, 5.74) is 3.40. The van der Waals surface area contributed by atoms with Crippen molar-refractivity contribution in [1.82, 2.24) is 9.97 Å². The zero-order valence-electron chi connectivity index (χ0n) is 15.4. The molecule has 0 unspecified atom stereocenters. The number of benzene rings is 2. The molecule has 5 heteroatoms. The van der Waals surface area contributed by atoms with Crippen molar-refractivity contribution >= 4 is 27.2 Å². The van der Waals surface area contributed by atoms with Crippen LogP contribution in [0.15, 0.2) is 60.1 Å². The molecule has 0 aliphatic rings. The Bertz CT molecular complexity index is 1060. The first kappa shape index (κ1) is 17.5. The van der Waals surface area contributed by atoms with E-state index < -0.39 is 0 Å². The standard InChI is InChI=1S/C22H21N3OS/c1-15-13-24-22(19-14-27-20-6-4-3-5-18(19)20)25-21(15)23-12-11-16-7-9-17(26-2)10-8-16/h3-10,13-14H,11-12H2,1-2H3,(H,23,24,25). The largest absolute Gasteiger partial charge is 0.497 e. The Morgan fingerprint density at radius 1 is 1.07 bits per heavy atom. The van der Waals surface area contributed by atoms with Gasteiger partial charge in [0.1, 0.15) is 11.6 Å². The molecule has 0 fully saturated rings. The SMILES string of the molecule is COc1ccc(CCNc2nc(-c3csc4ccccc34)ncc2C)cc1. The molecule has 0 atom stereocenters. The smallest absolute Gasteiger partial charge is 0.162 e. The molecule has 0 amide bonds. The summed E-state index contributed by atoms with van der Waals surface area (Å²) < 4.78 is 6.46. The van der Waals surface area contributed by atoms with E-state index in [4.69, 9.17) is 9.72 Å². The maximum Gasteiger partial charge on any atom is 0.162 e. The molecule has 4 nitrogen and oxygen atoms in total. The lowest BCUT2D eigenvalue weighted by Gasteiger charge is -2.10. The minimum Gasteiger partial charge on any atom is -0.497 e. The fraction of sp³-hybridized carbons (Fsp3) is 0.182. The number of nitrogens with one attached hydrogen (secondary N) is 1. The van der Waals surface area contributed by atoms with E-state index in [1.807, 2.05) is 25.3 Å². The number of nitrogens with zero attached hydrogens (tertiary/aromatic N) is 2. The Labute approximate surface area is 162 Å². The van der Waals surface area contributed by atoms with Crippen molar-refractivity contribution in [2.75, 3.05) is 19.0 Å². The highest BCUT2D eigenvalue weighted by molar-refractivity contribution is 7.17. The number of thiophene rings is 1. The summed E-state index contributed by atoms with van der Waals surface area (Å²) in [5, 5.41) is 6.80. The monoisotopic (exact) mass is 375 g/mol. The van der Waals surface area contributed by atoms with Crippen molar-refractivity contribution in [1.29, 1.82) is 0 Å². The summed E-state index contributed by atoms with van der Waals surface area (Å²) in [4.78, 5) is 9.35. The summed E-state index contributed by atoms with van der Waals surface area (Å²) in [5.74, 6) is 2.54.